The fraction of sp³-hybridized carbons (Fsp3) is 0.115. The van der Waals surface area contributed by atoms with Gasteiger partial charge in [0.1, 0.15) is 5.75 Å². The molecule has 32 heavy (non-hydrogen) atoms. The molecular weight excluding hydrogens is 406 g/mol. The van der Waals surface area contributed by atoms with Crippen molar-refractivity contribution in [1.82, 2.24) is 4.40 Å². The minimum Gasteiger partial charge on any atom is -0.497 e. The third-order valence-electron chi connectivity index (χ3n) is 5.15. The molecule has 0 N–H and O–H groups in total. The highest BCUT2D eigenvalue weighted by Gasteiger charge is 2.23. The summed E-state index contributed by atoms with van der Waals surface area (Å²) >= 11 is 0. The first-order valence-electron chi connectivity index (χ1n) is 10.1. The van der Waals surface area contributed by atoms with Crippen molar-refractivity contribution in [3.05, 3.63) is 107 Å². The fourth-order valence-electron chi connectivity index (χ4n) is 3.53. The average Bonchev–Trinajstić information content (AvgIpc) is 3.23. The van der Waals surface area contributed by atoms with Gasteiger partial charge in [-0.05, 0) is 49.4 Å². The molecule has 0 bridgehead atoms. The average molecular weight is 427 g/mol. The summed E-state index contributed by atoms with van der Waals surface area (Å²) in [4.78, 5) is 38.7. The van der Waals surface area contributed by atoms with E-state index in [0.717, 1.165) is 0 Å². The molecule has 4 rings (SSSR count). The van der Waals surface area contributed by atoms with Gasteiger partial charge in [0.15, 0.2) is 5.78 Å². The van der Waals surface area contributed by atoms with E-state index in [2.05, 4.69) is 0 Å². The highest BCUT2D eigenvalue weighted by atomic mass is 16.5. The molecule has 160 valence electrons. The summed E-state index contributed by atoms with van der Waals surface area (Å²) in [6.45, 7) is 1.91. The summed E-state index contributed by atoms with van der Waals surface area (Å²) in [6, 6.07) is 20.4. The lowest BCUT2D eigenvalue weighted by Gasteiger charge is -2.07. The third-order valence-corrected chi connectivity index (χ3v) is 5.15. The zero-order valence-electron chi connectivity index (χ0n) is 17.7. The van der Waals surface area contributed by atoms with Crippen LogP contribution < -0.4 is 4.74 Å². The van der Waals surface area contributed by atoms with Crippen molar-refractivity contribution >= 4 is 23.1 Å². The van der Waals surface area contributed by atoms with Gasteiger partial charge in [0.05, 0.1) is 30.5 Å². The summed E-state index contributed by atoms with van der Waals surface area (Å²) in [6.07, 6.45) is 1.63. The normalized spacial score (nSPS) is 10.7. The molecule has 0 fully saturated rings. The molecule has 0 aliphatic heterocycles. The Morgan fingerprint density at radius 2 is 1.50 bits per heavy atom. The van der Waals surface area contributed by atoms with Crippen LogP contribution in [0.15, 0.2) is 79.0 Å². The van der Waals surface area contributed by atoms with E-state index in [1.165, 1.54) is 6.07 Å². The van der Waals surface area contributed by atoms with Gasteiger partial charge in [0.2, 0.25) is 5.78 Å². The van der Waals surface area contributed by atoms with Gasteiger partial charge < -0.3 is 13.9 Å². The standard InChI is InChI=1S/C26H21NO5/c1-3-32-26(30)21-16-23(25(29)18-9-11-20(31-2)12-10-18)27-14-13-19(15-22(21)27)24(28)17-7-5-4-6-8-17/h4-16H,3H2,1-2H3. The third kappa shape index (κ3) is 3.90. The van der Waals surface area contributed by atoms with Crippen molar-refractivity contribution < 1.29 is 23.9 Å². The number of methoxy groups -OCH3 is 1. The lowest BCUT2D eigenvalue weighted by atomic mass is 10.0. The maximum Gasteiger partial charge on any atom is 0.340 e. The van der Waals surface area contributed by atoms with Crippen molar-refractivity contribution in [3.8, 4) is 5.75 Å². The predicted octanol–water partition coefficient (Wildman–Crippen LogP) is 4.59. The van der Waals surface area contributed by atoms with Crippen LogP contribution in [-0.4, -0.2) is 35.7 Å². The molecule has 0 saturated carbocycles. The number of hydrogen-bond acceptors (Lipinski definition) is 5. The maximum atomic E-state index is 13.2. The zero-order chi connectivity index (χ0) is 22.7. The van der Waals surface area contributed by atoms with Gasteiger partial charge in [-0.1, -0.05) is 30.3 Å². The molecule has 2 aromatic carbocycles. The second-order valence-corrected chi connectivity index (χ2v) is 7.09. The molecular formula is C26H21NO5. The summed E-state index contributed by atoms with van der Waals surface area (Å²) in [5.74, 6) is -0.353. The lowest BCUT2D eigenvalue weighted by Crippen LogP contribution is -2.07. The topological polar surface area (TPSA) is 74.1 Å². The molecule has 4 aromatic rings. The summed E-state index contributed by atoms with van der Waals surface area (Å²) in [5, 5.41) is 0. The van der Waals surface area contributed by atoms with Crippen LogP contribution in [0.3, 0.4) is 0 Å². The number of ether oxygens (including phenoxy) is 2. The first-order chi connectivity index (χ1) is 15.5. The largest absolute Gasteiger partial charge is 0.497 e. The van der Waals surface area contributed by atoms with E-state index in [-0.39, 0.29) is 23.7 Å². The van der Waals surface area contributed by atoms with E-state index >= 15 is 0 Å². The summed E-state index contributed by atoms with van der Waals surface area (Å²) in [7, 11) is 1.55. The predicted molar refractivity (Wildman–Crippen MR) is 120 cm³/mol. The smallest absolute Gasteiger partial charge is 0.340 e. The minimum absolute atomic E-state index is 0.174. The second kappa shape index (κ2) is 8.89. The van der Waals surface area contributed by atoms with Crippen LogP contribution in [0.4, 0.5) is 0 Å². The Kier molecular flexibility index (Phi) is 5.85. The van der Waals surface area contributed by atoms with Crippen molar-refractivity contribution in [2.45, 2.75) is 6.92 Å². The van der Waals surface area contributed by atoms with Crippen LogP contribution in [0.2, 0.25) is 0 Å². The molecule has 6 heteroatoms. The number of ketones is 2. The van der Waals surface area contributed by atoms with Gasteiger partial charge in [-0.15, -0.1) is 0 Å². The quantitative estimate of drug-likeness (QED) is 0.319. The number of esters is 1. The van der Waals surface area contributed by atoms with Crippen LogP contribution in [-0.2, 0) is 4.74 Å². The number of benzene rings is 2. The minimum atomic E-state index is -0.553. The number of fused-ring (bicyclic) bond motifs is 1. The maximum absolute atomic E-state index is 13.2. The molecule has 0 aliphatic carbocycles. The highest BCUT2D eigenvalue weighted by molar-refractivity contribution is 6.13. The van der Waals surface area contributed by atoms with Crippen LogP contribution in [0.5, 0.6) is 5.75 Å². The molecule has 0 aliphatic rings. The van der Waals surface area contributed by atoms with Crippen molar-refractivity contribution in [2.75, 3.05) is 13.7 Å². The molecule has 6 nitrogen and oxygen atoms in total. The van der Waals surface area contributed by atoms with Gasteiger partial charge in [-0.2, -0.15) is 0 Å². The first-order valence-corrected chi connectivity index (χ1v) is 10.1. The van der Waals surface area contributed by atoms with Crippen LogP contribution in [0.25, 0.3) is 5.52 Å². The summed E-state index contributed by atoms with van der Waals surface area (Å²) in [5.41, 5.74) is 2.36. The number of hydrogen-bond donors (Lipinski definition) is 0. The highest BCUT2D eigenvalue weighted by Crippen LogP contribution is 2.24. The Bertz CT molecular complexity index is 1300. The van der Waals surface area contributed by atoms with Crippen LogP contribution in [0.1, 0.15) is 49.3 Å². The Hall–Kier alpha value is -4.19. The monoisotopic (exact) mass is 427 g/mol. The number of pyridine rings is 1. The molecule has 0 unspecified atom stereocenters. The van der Waals surface area contributed by atoms with Gasteiger partial charge in [0.25, 0.3) is 0 Å². The summed E-state index contributed by atoms with van der Waals surface area (Å²) < 4.78 is 11.9. The fourth-order valence-corrected chi connectivity index (χ4v) is 3.53. The molecule has 0 amide bonds. The van der Waals surface area contributed by atoms with Crippen molar-refractivity contribution in [3.63, 3.8) is 0 Å². The van der Waals surface area contributed by atoms with E-state index in [0.29, 0.717) is 33.7 Å². The Balaban J connectivity index is 1.82. The number of aromatic nitrogens is 1. The van der Waals surface area contributed by atoms with Crippen molar-refractivity contribution in [1.29, 1.82) is 0 Å². The van der Waals surface area contributed by atoms with Gasteiger partial charge in [-0.25, -0.2) is 4.79 Å². The van der Waals surface area contributed by atoms with E-state index in [1.807, 2.05) is 6.07 Å². The molecule has 0 radical (unpaired) electrons. The SMILES string of the molecule is CCOC(=O)c1cc(C(=O)c2ccc(OC)cc2)n2ccc(C(=O)c3ccccc3)cc12. The number of carbonyl (C=O) groups excluding carboxylic acids is 3. The Labute approximate surface area is 185 Å². The van der Waals surface area contributed by atoms with Gasteiger partial charge in [-0.3, -0.25) is 9.59 Å². The molecule has 2 heterocycles. The van der Waals surface area contributed by atoms with E-state index in [9.17, 15) is 14.4 Å². The Morgan fingerprint density at radius 3 is 2.16 bits per heavy atom. The number of rotatable bonds is 7. The van der Waals surface area contributed by atoms with Gasteiger partial charge in [0, 0.05) is 22.9 Å². The molecule has 0 spiro atoms. The van der Waals surface area contributed by atoms with Crippen LogP contribution >= 0.6 is 0 Å². The van der Waals surface area contributed by atoms with E-state index in [4.69, 9.17) is 9.47 Å². The molecule has 0 atom stereocenters. The van der Waals surface area contributed by atoms with Gasteiger partial charge >= 0.3 is 5.97 Å². The molecule has 2 aromatic heterocycles. The van der Waals surface area contributed by atoms with E-state index in [1.54, 1.807) is 85.3 Å². The van der Waals surface area contributed by atoms with Crippen molar-refractivity contribution in [2.24, 2.45) is 0 Å². The zero-order valence-corrected chi connectivity index (χ0v) is 17.7. The van der Waals surface area contributed by atoms with Crippen LogP contribution in [0, 0.1) is 0 Å². The second-order valence-electron chi connectivity index (χ2n) is 7.09. The first kappa shape index (κ1) is 21.1. The number of carbonyl (C=O) groups is 3. The lowest BCUT2D eigenvalue weighted by molar-refractivity contribution is 0.0528. The van der Waals surface area contributed by atoms with E-state index < -0.39 is 5.97 Å². The number of nitrogens with zero attached hydrogens (tertiary/aromatic N) is 1. The Morgan fingerprint density at radius 1 is 0.812 bits per heavy atom. The molecule has 0 saturated heterocycles.